The average molecular weight is 581 g/mol. The predicted octanol–water partition coefficient (Wildman–Crippen LogP) is 5.87. The van der Waals surface area contributed by atoms with Crippen molar-refractivity contribution in [2.45, 2.75) is 84.5 Å². The first-order chi connectivity index (χ1) is 18.2. The Morgan fingerprint density at radius 2 is 1.62 bits per heavy atom. The Morgan fingerprint density at radius 1 is 1.00 bits per heavy atom. The second kappa shape index (κ2) is 13.0. The molecule has 0 radical (unpaired) electrons. The summed E-state index contributed by atoms with van der Waals surface area (Å²) in [4.78, 5) is 12.4. The quantitative estimate of drug-likeness (QED) is 0.235. The van der Waals surface area contributed by atoms with Gasteiger partial charge in [0.05, 0.1) is 34.9 Å². The molecule has 12 heteroatoms. The van der Waals surface area contributed by atoms with Crippen LogP contribution in [0.4, 0.5) is 0 Å². The molecule has 0 spiro atoms. The molecule has 0 fully saturated rings. The highest BCUT2D eigenvalue weighted by atomic mass is 32.2. The Labute approximate surface area is 232 Å². The van der Waals surface area contributed by atoms with Crippen LogP contribution in [-0.2, 0) is 34.6 Å². The number of aromatic nitrogens is 3. The van der Waals surface area contributed by atoms with E-state index in [1.165, 1.54) is 11.4 Å². The first-order valence-electron chi connectivity index (χ1n) is 13.2. The molecule has 2 heterocycles. The number of imidazole rings is 1. The maximum Gasteiger partial charge on any atom is 0.475 e. The Balaban J connectivity index is 1.79. The van der Waals surface area contributed by atoms with E-state index in [9.17, 15) is 13.0 Å². The molecule has 0 unspecified atom stereocenters. The van der Waals surface area contributed by atoms with Crippen molar-refractivity contribution in [1.29, 1.82) is 0 Å². The van der Waals surface area contributed by atoms with Crippen molar-refractivity contribution in [3.63, 3.8) is 0 Å². The molecule has 0 aliphatic heterocycles. The topological polar surface area (TPSA) is 124 Å². The van der Waals surface area contributed by atoms with Gasteiger partial charge < -0.3 is 4.98 Å². The highest BCUT2D eigenvalue weighted by molar-refractivity contribution is 7.89. The van der Waals surface area contributed by atoms with E-state index >= 15 is 0 Å². The summed E-state index contributed by atoms with van der Waals surface area (Å²) in [6.07, 6.45) is 1.96. The number of nitrogens with zero attached hydrogens (tertiary/aromatic N) is 3. The van der Waals surface area contributed by atoms with E-state index < -0.39 is 36.1 Å². The summed E-state index contributed by atoms with van der Waals surface area (Å²) in [5.74, 6) is 0.975. The number of rotatable bonds is 14. The highest BCUT2D eigenvalue weighted by Crippen LogP contribution is 2.52. The number of aromatic amines is 1. The molecule has 0 aliphatic carbocycles. The Hall–Kier alpha value is -2.14. The third-order valence-electron chi connectivity index (χ3n) is 5.93. The minimum Gasteiger partial charge on any atom is -0.342 e. The van der Waals surface area contributed by atoms with Gasteiger partial charge in [-0.2, -0.15) is 4.31 Å². The van der Waals surface area contributed by atoms with Gasteiger partial charge in [0.2, 0.25) is 10.0 Å². The number of H-pyrrole nitrogens is 1. The van der Waals surface area contributed by atoms with Crippen LogP contribution >= 0.6 is 7.82 Å². The molecule has 0 saturated carbocycles. The predicted molar refractivity (Wildman–Crippen MR) is 152 cm³/mol. The molecule has 0 saturated heterocycles. The molecular weight excluding hydrogens is 539 g/mol. The number of likely N-dealkylation sites (N-methyl/N-ethyl adjacent to an activating group) is 1. The fourth-order valence-corrected chi connectivity index (χ4v) is 7.13. The number of hydrogen-bond donors (Lipinski definition) is 1. The normalized spacial score (nSPS) is 13.8. The summed E-state index contributed by atoms with van der Waals surface area (Å²) in [5.41, 5.74) is 3.45. The molecule has 3 aromatic rings. The van der Waals surface area contributed by atoms with Crippen LogP contribution in [0.25, 0.3) is 11.0 Å². The van der Waals surface area contributed by atoms with Gasteiger partial charge in [0.15, 0.2) is 0 Å². The number of pyridine rings is 1. The summed E-state index contributed by atoms with van der Waals surface area (Å²) in [6.45, 7) is 12.7. The lowest BCUT2D eigenvalue weighted by Gasteiger charge is -2.30. The van der Waals surface area contributed by atoms with Crippen molar-refractivity contribution in [3.8, 4) is 0 Å². The number of hydrogen-bond acceptors (Lipinski definition) is 8. The zero-order valence-corrected chi connectivity index (χ0v) is 25.8. The maximum atomic E-state index is 13.6. The van der Waals surface area contributed by atoms with Gasteiger partial charge in [0.1, 0.15) is 11.3 Å². The zero-order valence-electron chi connectivity index (χ0n) is 24.0. The molecule has 1 aromatic carbocycles. The molecule has 216 valence electrons. The first kappa shape index (κ1) is 31.4. The molecule has 2 aromatic heterocycles. The van der Waals surface area contributed by atoms with Gasteiger partial charge in [-0.15, -0.1) is 0 Å². The van der Waals surface area contributed by atoms with E-state index in [-0.39, 0.29) is 17.4 Å². The van der Waals surface area contributed by atoms with Gasteiger partial charge in [-0.3, -0.25) is 18.6 Å². The number of benzene rings is 1. The van der Waals surface area contributed by atoms with Gasteiger partial charge >= 0.3 is 7.82 Å². The lowest BCUT2D eigenvalue weighted by Crippen LogP contribution is -2.41. The monoisotopic (exact) mass is 580 g/mol. The fraction of sp³-hybridized carbons (Fsp3) is 0.556. The SMILES string of the molecule is Cc1nc2c(Cc3ccc(S(=O)(=O)N(C)[C@H](COP(=O)(OC(C)C)OC(C)C)CC(C)C)cc3)nccc2[nH]1. The van der Waals surface area contributed by atoms with Crippen molar-refractivity contribution in [1.82, 2.24) is 19.3 Å². The molecule has 0 aliphatic rings. The van der Waals surface area contributed by atoms with Gasteiger partial charge in [-0.05, 0) is 70.7 Å². The molecule has 10 nitrogen and oxygen atoms in total. The first-order valence-corrected chi connectivity index (χ1v) is 16.1. The number of aryl methyl sites for hydroxylation is 1. The van der Waals surface area contributed by atoms with Crippen molar-refractivity contribution < 1.29 is 26.6 Å². The van der Waals surface area contributed by atoms with E-state index in [0.717, 1.165) is 28.1 Å². The Kier molecular flexibility index (Phi) is 10.5. The van der Waals surface area contributed by atoms with Crippen LogP contribution in [0.2, 0.25) is 0 Å². The summed E-state index contributed by atoms with van der Waals surface area (Å²) < 4.78 is 58.3. The summed E-state index contributed by atoms with van der Waals surface area (Å²) in [5, 5.41) is 0. The molecule has 1 atom stereocenters. The molecule has 0 bridgehead atoms. The van der Waals surface area contributed by atoms with E-state index in [1.54, 1.807) is 58.2 Å². The van der Waals surface area contributed by atoms with Crippen LogP contribution in [-0.4, -0.2) is 59.6 Å². The Bertz CT molecular complexity index is 1380. The molecule has 1 N–H and O–H groups in total. The lowest BCUT2D eigenvalue weighted by atomic mass is 10.1. The van der Waals surface area contributed by atoms with Gasteiger partial charge in [0.25, 0.3) is 0 Å². The fourth-order valence-electron chi connectivity index (χ4n) is 4.22. The highest BCUT2D eigenvalue weighted by Gasteiger charge is 2.34. The number of phosphoric ester groups is 1. The molecule has 39 heavy (non-hydrogen) atoms. The van der Waals surface area contributed by atoms with Gasteiger partial charge in [0, 0.05) is 25.7 Å². The summed E-state index contributed by atoms with van der Waals surface area (Å²) >= 11 is 0. The van der Waals surface area contributed by atoms with Crippen LogP contribution in [0.3, 0.4) is 0 Å². The average Bonchev–Trinajstić information content (AvgIpc) is 3.21. The standard InChI is InChI=1S/C27H41N4O6PS/c1-18(2)15-23(17-35-38(32,36-19(3)4)37-20(5)6)31(8)39(33,34)24-11-9-22(10-12-24)16-26-27-25(13-14-28-26)29-21(7)30-27/h9-14,18-20,23H,15-17H2,1-8H3,(H,29,30)/t23-/m0/s1. The van der Waals surface area contributed by atoms with E-state index in [0.29, 0.717) is 12.8 Å². The number of phosphoric acid groups is 1. The van der Waals surface area contributed by atoms with E-state index in [1.807, 2.05) is 26.8 Å². The number of fused-ring (bicyclic) bond motifs is 1. The van der Waals surface area contributed by atoms with Crippen molar-refractivity contribution in [2.75, 3.05) is 13.7 Å². The second-order valence-electron chi connectivity index (χ2n) is 10.7. The second-order valence-corrected chi connectivity index (χ2v) is 14.2. The summed E-state index contributed by atoms with van der Waals surface area (Å²) in [7, 11) is -6.24. The van der Waals surface area contributed by atoms with Gasteiger partial charge in [-0.25, -0.2) is 18.0 Å². The van der Waals surface area contributed by atoms with Crippen LogP contribution in [0.15, 0.2) is 41.4 Å². The minimum absolute atomic E-state index is 0.137. The number of sulfonamides is 1. The number of nitrogens with one attached hydrogen (secondary N) is 1. The van der Waals surface area contributed by atoms with Crippen LogP contribution in [0.5, 0.6) is 0 Å². The van der Waals surface area contributed by atoms with Crippen molar-refractivity contribution in [3.05, 3.63) is 53.6 Å². The third kappa shape index (κ3) is 8.42. The largest absolute Gasteiger partial charge is 0.475 e. The van der Waals surface area contributed by atoms with E-state index in [2.05, 4.69) is 15.0 Å². The minimum atomic E-state index is -3.88. The molecule has 0 amide bonds. The maximum absolute atomic E-state index is 13.6. The summed E-state index contributed by atoms with van der Waals surface area (Å²) in [6, 6.07) is 8.06. The van der Waals surface area contributed by atoms with E-state index in [4.69, 9.17) is 13.6 Å². The van der Waals surface area contributed by atoms with Crippen LogP contribution < -0.4 is 0 Å². The lowest BCUT2D eigenvalue weighted by molar-refractivity contribution is 0.0598. The third-order valence-corrected chi connectivity index (χ3v) is 9.68. The van der Waals surface area contributed by atoms with Crippen molar-refractivity contribution in [2.24, 2.45) is 5.92 Å². The van der Waals surface area contributed by atoms with Crippen LogP contribution in [0.1, 0.15) is 65.0 Å². The Morgan fingerprint density at radius 3 is 2.18 bits per heavy atom. The molecule has 3 rings (SSSR count). The smallest absolute Gasteiger partial charge is 0.342 e. The molecular formula is C27H41N4O6PS. The van der Waals surface area contributed by atoms with Crippen molar-refractivity contribution >= 4 is 28.9 Å². The van der Waals surface area contributed by atoms with Gasteiger partial charge in [-0.1, -0.05) is 26.0 Å². The zero-order chi connectivity index (χ0) is 29.0. The van der Waals surface area contributed by atoms with Crippen LogP contribution in [0, 0.1) is 12.8 Å².